The van der Waals surface area contributed by atoms with Crippen LogP contribution < -0.4 is 5.32 Å². The van der Waals surface area contributed by atoms with E-state index in [2.05, 4.69) is 36.9 Å². The Balaban J connectivity index is 1.32. The summed E-state index contributed by atoms with van der Waals surface area (Å²) in [5.41, 5.74) is 0. The number of rotatable bonds is 5. The van der Waals surface area contributed by atoms with Crippen LogP contribution in [0, 0.1) is 5.92 Å². The highest BCUT2D eigenvalue weighted by molar-refractivity contribution is 5.78. The van der Waals surface area contributed by atoms with Gasteiger partial charge in [0.15, 0.2) is 5.82 Å². The van der Waals surface area contributed by atoms with Gasteiger partial charge in [-0.15, -0.1) is 10.2 Å². The van der Waals surface area contributed by atoms with Gasteiger partial charge in [-0.1, -0.05) is 0 Å². The highest BCUT2D eigenvalue weighted by Crippen LogP contribution is 2.16. The Morgan fingerprint density at radius 1 is 1.30 bits per heavy atom. The first-order valence-electron chi connectivity index (χ1n) is 9.81. The fraction of sp³-hybridized carbons (Fsp3) is 0.632. The molecule has 1 unspecified atom stereocenters. The summed E-state index contributed by atoms with van der Waals surface area (Å²) in [6, 6.07) is 3.93. The monoisotopic (exact) mass is 372 g/mol. The molecule has 8 nitrogen and oxygen atoms in total. The van der Waals surface area contributed by atoms with E-state index in [-0.39, 0.29) is 11.8 Å². The summed E-state index contributed by atoms with van der Waals surface area (Å²) in [5.74, 6) is 3.05. The summed E-state index contributed by atoms with van der Waals surface area (Å²) >= 11 is 0. The molecule has 2 aromatic heterocycles. The van der Waals surface area contributed by atoms with Gasteiger partial charge in [0.05, 0.1) is 25.3 Å². The number of amides is 1. The number of hydrogen-bond acceptors (Lipinski definition) is 6. The Hall–Kier alpha value is -2.19. The van der Waals surface area contributed by atoms with Crippen molar-refractivity contribution in [3.05, 3.63) is 35.8 Å². The lowest BCUT2D eigenvalue weighted by molar-refractivity contribution is -0.126. The molecule has 27 heavy (non-hydrogen) atoms. The van der Waals surface area contributed by atoms with Crippen LogP contribution in [0.4, 0.5) is 0 Å². The first-order valence-corrected chi connectivity index (χ1v) is 9.81. The Bertz CT molecular complexity index is 756. The molecule has 1 amide bonds. The summed E-state index contributed by atoms with van der Waals surface area (Å²) in [5, 5.41) is 11.8. The number of furan rings is 1. The Morgan fingerprint density at radius 2 is 2.22 bits per heavy atom. The normalized spacial score (nSPS) is 21.6. The molecule has 4 heterocycles. The summed E-state index contributed by atoms with van der Waals surface area (Å²) < 4.78 is 7.62. The largest absolute Gasteiger partial charge is 0.468 e. The molecule has 1 atom stereocenters. The molecule has 0 bridgehead atoms. The van der Waals surface area contributed by atoms with Crippen LogP contribution in [0.3, 0.4) is 0 Å². The Kier molecular flexibility index (Phi) is 5.54. The number of nitrogens with zero attached hydrogens (tertiary/aromatic N) is 5. The van der Waals surface area contributed by atoms with Gasteiger partial charge in [0.25, 0.3) is 0 Å². The molecule has 0 aliphatic carbocycles. The van der Waals surface area contributed by atoms with E-state index in [9.17, 15) is 4.79 Å². The number of carbonyl (C=O) groups is 1. The van der Waals surface area contributed by atoms with Crippen molar-refractivity contribution in [2.45, 2.75) is 38.9 Å². The molecule has 1 N–H and O–H groups in total. The predicted molar refractivity (Wildman–Crippen MR) is 99.8 cm³/mol. The van der Waals surface area contributed by atoms with Gasteiger partial charge in [0.1, 0.15) is 11.6 Å². The van der Waals surface area contributed by atoms with E-state index in [1.165, 1.54) is 0 Å². The second kappa shape index (κ2) is 8.22. The SMILES string of the molecule is CN1CCCC(C(=O)NCc2nnc3n2CCN(Cc2ccco2)CC3)C1. The fourth-order valence-electron chi connectivity index (χ4n) is 4.03. The van der Waals surface area contributed by atoms with Gasteiger partial charge in [-0.3, -0.25) is 9.69 Å². The topological polar surface area (TPSA) is 79.4 Å². The molecule has 146 valence electrons. The highest BCUT2D eigenvalue weighted by atomic mass is 16.3. The number of fused-ring (bicyclic) bond motifs is 1. The lowest BCUT2D eigenvalue weighted by atomic mass is 9.98. The first kappa shape index (κ1) is 18.2. The van der Waals surface area contributed by atoms with Gasteiger partial charge in [0.2, 0.25) is 5.91 Å². The van der Waals surface area contributed by atoms with Gasteiger partial charge in [0, 0.05) is 32.6 Å². The van der Waals surface area contributed by atoms with Crippen LogP contribution in [0.25, 0.3) is 0 Å². The van der Waals surface area contributed by atoms with Crippen molar-refractivity contribution in [3.8, 4) is 0 Å². The lowest BCUT2D eigenvalue weighted by Crippen LogP contribution is -2.41. The van der Waals surface area contributed by atoms with Crippen molar-refractivity contribution < 1.29 is 9.21 Å². The second-order valence-electron chi connectivity index (χ2n) is 7.61. The van der Waals surface area contributed by atoms with Crippen LogP contribution in [-0.2, 0) is 30.8 Å². The molecule has 2 aromatic rings. The maximum absolute atomic E-state index is 12.5. The Morgan fingerprint density at radius 3 is 3.04 bits per heavy atom. The van der Waals surface area contributed by atoms with Crippen LogP contribution >= 0.6 is 0 Å². The van der Waals surface area contributed by atoms with Gasteiger partial charge >= 0.3 is 0 Å². The first-order chi connectivity index (χ1) is 13.2. The molecule has 1 fully saturated rings. The maximum Gasteiger partial charge on any atom is 0.224 e. The third-order valence-corrected chi connectivity index (χ3v) is 5.57. The number of nitrogens with one attached hydrogen (secondary N) is 1. The van der Waals surface area contributed by atoms with Crippen LogP contribution in [0.5, 0.6) is 0 Å². The average Bonchev–Trinajstić information content (AvgIpc) is 3.27. The number of likely N-dealkylation sites (tertiary alicyclic amines) is 1. The fourth-order valence-corrected chi connectivity index (χ4v) is 4.03. The van der Waals surface area contributed by atoms with Crippen LogP contribution in [0.1, 0.15) is 30.3 Å². The molecule has 8 heteroatoms. The van der Waals surface area contributed by atoms with Crippen molar-refractivity contribution in [2.24, 2.45) is 5.92 Å². The molecule has 2 aliphatic heterocycles. The molecule has 0 radical (unpaired) electrons. The molecular weight excluding hydrogens is 344 g/mol. The van der Waals surface area contributed by atoms with Crippen LogP contribution in [0.15, 0.2) is 22.8 Å². The van der Waals surface area contributed by atoms with E-state index in [0.29, 0.717) is 6.54 Å². The molecule has 0 saturated carbocycles. The minimum absolute atomic E-state index is 0.0825. The number of carbonyl (C=O) groups excluding carboxylic acids is 1. The summed E-state index contributed by atoms with van der Waals surface area (Å²) in [6.45, 7) is 5.86. The van der Waals surface area contributed by atoms with E-state index < -0.39 is 0 Å². The van der Waals surface area contributed by atoms with Crippen molar-refractivity contribution in [1.29, 1.82) is 0 Å². The zero-order valence-corrected chi connectivity index (χ0v) is 15.9. The minimum atomic E-state index is 0.0825. The van der Waals surface area contributed by atoms with E-state index in [4.69, 9.17) is 4.42 Å². The highest BCUT2D eigenvalue weighted by Gasteiger charge is 2.25. The van der Waals surface area contributed by atoms with Crippen LogP contribution in [-0.4, -0.2) is 63.7 Å². The van der Waals surface area contributed by atoms with E-state index in [0.717, 1.165) is 75.9 Å². The van der Waals surface area contributed by atoms with Crippen molar-refractivity contribution in [2.75, 3.05) is 33.2 Å². The summed E-state index contributed by atoms with van der Waals surface area (Å²) in [7, 11) is 2.08. The number of aromatic nitrogens is 3. The molecule has 1 saturated heterocycles. The molecular formula is C19H28N6O2. The summed E-state index contributed by atoms with van der Waals surface area (Å²) in [4.78, 5) is 17.1. The van der Waals surface area contributed by atoms with Crippen molar-refractivity contribution >= 4 is 5.91 Å². The summed E-state index contributed by atoms with van der Waals surface area (Å²) in [6.07, 6.45) is 4.62. The zero-order valence-electron chi connectivity index (χ0n) is 15.9. The quantitative estimate of drug-likeness (QED) is 0.840. The molecule has 0 spiro atoms. The standard InChI is InChI=1S/C19H28N6O2/c1-23-7-2-4-15(13-23)19(26)20-12-18-22-21-17-6-8-24(9-10-25(17)18)14-16-5-3-11-27-16/h3,5,11,15H,2,4,6-10,12-14H2,1H3,(H,20,26). The maximum atomic E-state index is 12.5. The van der Waals surface area contributed by atoms with Gasteiger partial charge in [-0.05, 0) is 38.6 Å². The predicted octanol–water partition coefficient (Wildman–Crippen LogP) is 0.887. The molecule has 2 aliphatic rings. The zero-order chi connectivity index (χ0) is 18.6. The smallest absolute Gasteiger partial charge is 0.224 e. The third kappa shape index (κ3) is 4.39. The number of hydrogen-bond donors (Lipinski definition) is 1. The van der Waals surface area contributed by atoms with Crippen molar-refractivity contribution in [1.82, 2.24) is 29.9 Å². The van der Waals surface area contributed by atoms with E-state index in [1.54, 1.807) is 6.26 Å². The lowest BCUT2D eigenvalue weighted by Gasteiger charge is -2.28. The van der Waals surface area contributed by atoms with E-state index in [1.807, 2.05) is 12.1 Å². The van der Waals surface area contributed by atoms with Crippen LogP contribution in [0.2, 0.25) is 0 Å². The molecule has 0 aromatic carbocycles. The number of piperidine rings is 1. The molecule has 4 rings (SSSR count). The van der Waals surface area contributed by atoms with Crippen molar-refractivity contribution in [3.63, 3.8) is 0 Å². The average molecular weight is 372 g/mol. The van der Waals surface area contributed by atoms with Gasteiger partial charge in [-0.25, -0.2) is 0 Å². The Labute approximate surface area is 159 Å². The third-order valence-electron chi connectivity index (χ3n) is 5.57. The second-order valence-corrected chi connectivity index (χ2v) is 7.61. The van der Waals surface area contributed by atoms with E-state index >= 15 is 0 Å². The minimum Gasteiger partial charge on any atom is -0.468 e. The van der Waals surface area contributed by atoms with Gasteiger partial charge in [-0.2, -0.15) is 0 Å². The van der Waals surface area contributed by atoms with Gasteiger partial charge < -0.3 is 19.2 Å².